The fraction of sp³-hybridized carbons (Fsp3) is 0.125. The van der Waals surface area contributed by atoms with Crippen LogP contribution in [0.1, 0.15) is 35.3 Å². The van der Waals surface area contributed by atoms with Gasteiger partial charge in [-0.1, -0.05) is 78.9 Å². The van der Waals surface area contributed by atoms with Crippen LogP contribution in [-0.4, -0.2) is 10.2 Å². The van der Waals surface area contributed by atoms with Crippen LogP contribution in [-0.2, 0) is 13.2 Å². The molecule has 4 aromatic carbocycles. The fourth-order valence-corrected chi connectivity index (χ4v) is 3.65. The minimum absolute atomic E-state index is 0.0575. The number of aliphatic hydroxyl groups excluding tert-OH is 1. The first kappa shape index (κ1) is 25.6. The molecule has 0 saturated carbocycles. The van der Waals surface area contributed by atoms with Crippen LogP contribution in [0.4, 0.5) is 0 Å². The van der Waals surface area contributed by atoms with Crippen LogP contribution in [0.5, 0.6) is 23.0 Å². The van der Waals surface area contributed by atoms with Crippen molar-refractivity contribution in [3.8, 4) is 23.0 Å². The van der Waals surface area contributed by atoms with Gasteiger partial charge in [0.1, 0.15) is 42.3 Å². The Balaban J connectivity index is 1.56. The molecule has 0 fully saturated rings. The van der Waals surface area contributed by atoms with Crippen molar-refractivity contribution in [3.05, 3.63) is 138 Å². The van der Waals surface area contributed by atoms with Gasteiger partial charge in [0.15, 0.2) is 0 Å². The van der Waals surface area contributed by atoms with Gasteiger partial charge in [-0.15, -0.1) is 0 Å². The Morgan fingerprint density at radius 1 is 0.757 bits per heavy atom. The highest BCUT2D eigenvalue weighted by atomic mass is 16.5. The molecule has 0 amide bonds. The lowest BCUT2D eigenvalue weighted by Crippen LogP contribution is -2.00. The third-order valence-electron chi connectivity index (χ3n) is 5.58. The summed E-state index contributed by atoms with van der Waals surface area (Å²) in [5.74, 6) is 1.75. The molecule has 5 heteroatoms. The van der Waals surface area contributed by atoms with E-state index in [4.69, 9.17) is 14.2 Å². The quantitative estimate of drug-likeness (QED) is 0.216. The summed E-state index contributed by atoms with van der Waals surface area (Å²) >= 11 is 0. The summed E-state index contributed by atoms with van der Waals surface area (Å²) in [4.78, 5) is 0. The average Bonchev–Trinajstić information content (AvgIpc) is 2.94. The number of aliphatic hydroxyl groups is 1. The van der Waals surface area contributed by atoms with E-state index in [0.717, 1.165) is 16.7 Å². The van der Waals surface area contributed by atoms with E-state index < -0.39 is 6.10 Å². The van der Waals surface area contributed by atoms with Crippen molar-refractivity contribution in [2.75, 3.05) is 0 Å². The molecule has 4 aromatic rings. The summed E-state index contributed by atoms with van der Waals surface area (Å²) in [5, 5.41) is 20.7. The summed E-state index contributed by atoms with van der Waals surface area (Å²) in [5.41, 5.74) is 3.44. The van der Waals surface area contributed by atoms with E-state index in [-0.39, 0.29) is 5.75 Å². The molecule has 188 valence electrons. The lowest BCUT2D eigenvalue weighted by molar-refractivity contribution is 0.225. The summed E-state index contributed by atoms with van der Waals surface area (Å²) in [7, 11) is 0. The molecule has 0 aliphatic carbocycles. The number of hydrogen-bond acceptors (Lipinski definition) is 5. The van der Waals surface area contributed by atoms with Crippen molar-refractivity contribution in [1.82, 2.24) is 0 Å². The minimum Gasteiger partial charge on any atom is -0.508 e. The van der Waals surface area contributed by atoms with Crippen LogP contribution in [0, 0.1) is 0 Å². The average molecular weight is 495 g/mol. The molecule has 1 atom stereocenters. The van der Waals surface area contributed by atoms with Crippen LogP contribution in [0.15, 0.2) is 115 Å². The van der Waals surface area contributed by atoms with E-state index in [9.17, 15) is 10.2 Å². The molecule has 0 heterocycles. The molecule has 0 radical (unpaired) electrons. The molecule has 2 N–H and O–H groups in total. The van der Waals surface area contributed by atoms with Gasteiger partial charge < -0.3 is 24.4 Å². The Morgan fingerprint density at radius 2 is 1.43 bits per heavy atom. The van der Waals surface area contributed by atoms with Crippen molar-refractivity contribution >= 4 is 6.08 Å². The highest BCUT2D eigenvalue weighted by molar-refractivity contribution is 5.60. The van der Waals surface area contributed by atoms with E-state index in [1.54, 1.807) is 24.3 Å². The van der Waals surface area contributed by atoms with Gasteiger partial charge in [-0.2, -0.15) is 0 Å². The van der Waals surface area contributed by atoms with Gasteiger partial charge in [-0.25, -0.2) is 0 Å². The van der Waals surface area contributed by atoms with Gasteiger partial charge in [0.05, 0.1) is 6.26 Å². The number of benzene rings is 4. The number of phenolic OH excluding ortho intramolecular Hbond substituents is 1. The van der Waals surface area contributed by atoms with E-state index in [0.29, 0.717) is 36.0 Å². The number of aromatic hydroxyl groups is 1. The van der Waals surface area contributed by atoms with Crippen molar-refractivity contribution in [3.63, 3.8) is 0 Å². The zero-order valence-corrected chi connectivity index (χ0v) is 20.7. The van der Waals surface area contributed by atoms with Gasteiger partial charge in [0.25, 0.3) is 0 Å². The topological polar surface area (TPSA) is 68.2 Å². The predicted molar refractivity (Wildman–Crippen MR) is 146 cm³/mol. The van der Waals surface area contributed by atoms with Crippen LogP contribution in [0.3, 0.4) is 0 Å². The normalized spacial score (nSPS) is 12.1. The number of phenols is 1. The molecular weight excluding hydrogens is 464 g/mol. The number of rotatable bonds is 11. The molecule has 0 bridgehead atoms. The van der Waals surface area contributed by atoms with Crippen LogP contribution < -0.4 is 14.2 Å². The van der Waals surface area contributed by atoms with E-state index >= 15 is 0 Å². The summed E-state index contributed by atoms with van der Waals surface area (Å²) in [6.45, 7) is 2.66. The maximum atomic E-state index is 10.9. The van der Waals surface area contributed by atoms with Gasteiger partial charge in [-0.05, 0) is 42.3 Å². The molecule has 4 rings (SSSR count). The highest BCUT2D eigenvalue weighted by Gasteiger charge is 2.13. The van der Waals surface area contributed by atoms with Crippen molar-refractivity contribution < 1.29 is 24.4 Å². The summed E-state index contributed by atoms with van der Waals surface area (Å²) in [6, 6.07) is 30.2. The Morgan fingerprint density at radius 3 is 2.11 bits per heavy atom. The smallest absolute Gasteiger partial charge is 0.136 e. The monoisotopic (exact) mass is 494 g/mol. The zero-order valence-electron chi connectivity index (χ0n) is 20.7. The number of hydrogen-bond donors (Lipinski definition) is 2. The molecule has 5 nitrogen and oxygen atoms in total. The van der Waals surface area contributed by atoms with Crippen molar-refractivity contribution in [2.45, 2.75) is 26.2 Å². The van der Waals surface area contributed by atoms with Crippen LogP contribution in [0.25, 0.3) is 6.08 Å². The van der Waals surface area contributed by atoms with E-state index in [1.165, 1.54) is 18.4 Å². The number of allylic oxidation sites excluding steroid dienone is 1. The largest absolute Gasteiger partial charge is 0.508 e. The highest BCUT2D eigenvalue weighted by Crippen LogP contribution is 2.32. The van der Waals surface area contributed by atoms with Crippen molar-refractivity contribution in [2.24, 2.45) is 0 Å². The minimum atomic E-state index is -0.961. The molecule has 37 heavy (non-hydrogen) atoms. The Kier molecular flexibility index (Phi) is 9.00. The summed E-state index contributed by atoms with van der Waals surface area (Å²) < 4.78 is 17.7. The number of ether oxygens (including phenoxy) is 3. The summed E-state index contributed by atoms with van der Waals surface area (Å²) in [6.07, 6.45) is 5.73. The molecule has 0 aromatic heterocycles. The van der Waals surface area contributed by atoms with E-state index in [2.05, 4.69) is 0 Å². The van der Waals surface area contributed by atoms with Crippen LogP contribution in [0.2, 0.25) is 0 Å². The molecule has 0 aliphatic heterocycles. The second kappa shape index (κ2) is 13.0. The lowest BCUT2D eigenvalue weighted by atomic mass is 10.1. The first-order valence-corrected chi connectivity index (χ1v) is 12.1. The molecule has 0 saturated heterocycles. The third-order valence-corrected chi connectivity index (χ3v) is 5.58. The molecule has 0 spiro atoms. The Labute approximate surface area is 217 Å². The lowest BCUT2D eigenvalue weighted by Gasteiger charge is -2.14. The first-order valence-electron chi connectivity index (χ1n) is 12.1. The van der Waals surface area contributed by atoms with Gasteiger partial charge in [0.2, 0.25) is 0 Å². The molecule has 1 unspecified atom stereocenters. The third kappa shape index (κ3) is 7.50. The standard InChI is InChI=1S/C32H30O5/c1-2-19-35-32-20-27(33)15-17-29(32)30(34)18-14-26-13-16-28(36-22-24-9-5-3-6-10-24)21-31(26)37-23-25-11-7-4-8-12-25/h2-21,30,33-34H,22-23H2,1H3. The Bertz CT molecular complexity index is 1330. The second-order valence-electron chi connectivity index (χ2n) is 8.36. The first-order chi connectivity index (χ1) is 18.1. The van der Waals surface area contributed by atoms with Gasteiger partial charge in [0, 0.05) is 23.3 Å². The SMILES string of the molecule is CC=COc1cc(O)ccc1C(O)C=Cc1ccc(OCc2ccccc2)cc1OCc1ccccc1. The van der Waals surface area contributed by atoms with Crippen molar-refractivity contribution in [1.29, 1.82) is 0 Å². The maximum absolute atomic E-state index is 10.9. The Hall–Kier alpha value is -4.48. The zero-order chi connectivity index (χ0) is 25.9. The fourth-order valence-electron chi connectivity index (χ4n) is 3.65. The maximum Gasteiger partial charge on any atom is 0.136 e. The molecule has 0 aliphatic rings. The van der Waals surface area contributed by atoms with Gasteiger partial charge >= 0.3 is 0 Å². The van der Waals surface area contributed by atoms with Crippen LogP contribution >= 0.6 is 0 Å². The molecular formula is C32H30O5. The predicted octanol–water partition coefficient (Wildman–Crippen LogP) is 7.21. The van der Waals surface area contributed by atoms with E-state index in [1.807, 2.05) is 85.8 Å². The van der Waals surface area contributed by atoms with Gasteiger partial charge in [-0.3, -0.25) is 0 Å². The second-order valence-corrected chi connectivity index (χ2v) is 8.36.